The van der Waals surface area contributed by atoms with E-state index in [2.05, 4.69) is 48.5 Å². The molecule has 90 valence electrons. The fourth-order valence-electron chi connectivity index (χ4n) is 2.61. The predicted octanol–water partition coefficient (Wildman–Crippen LogP) is 4.05. The molecule has 1 fully saturated rings. The molecular formula is C14H18N2S. The molecule has 1 aromatic carbocycles. The van der Waals surface area contributed by atoms with E-state index in [1.807, 2.05) is 0 Å². The zero-order valence-electron chi connectivity index (χ0n) is 10.6. The number of hydrogen-bond donors (Lipinski definition) is 1. The summed E-state index contributed by atoms with van der Waals surface area (Å²) in [4.78, 5) is 3.33. The maximum atomic E-state index is 5.44. The first kappa shape index (κ1) is 11.0. The fraction of sp³-hybridized carbons (Fsp3) is 0.500. The molecule has 17 heavy (non-hydrogen) atoms. The molecule has 1 aliphatic carbocycles. The van der Waals surface area contributed by atoms with Crippen molar-refractivity contribution in [2.24, 2.45) is 11.3 Å². The van der Waals surface area contributed by atoms with Crippen LogP contribution in [0.2, 0.25) is 0 Å². The number of hydrogen-bond acceptors (Lipinski definition) is 1. The van der Waals surface area contributed by atoms with Crippen molar-refractivity contribution >= 4 is 23.3 Å². The summed E-state index contributed by atoms with van der Waals surface area (Å²) in [6.07, 6.45) is 1.31. The molecule has 1 N–H and O–H groups in total. The van der Waals surface area contributed by atoms with E-state index >= 15 is 0 Å². The topological polar surface area (TPSA) is 20.7 Å². The number of para-hydroxylation sites is 1. The smallest absolute Gasteiger partial charge is 0.178 e. The summed E-state index contributed by atoms with van der Waals surface area (Å²) in [6.45, 7) is 7.84. The van der Waals surface area contributed by atoms with Crippen LogP contribution in [0.15, 0.2) is 18.2 Å². The summed E-state index contributed by atoms with van der Waals surface area (Å²) < 4.78 is 3.12. The Hall–Kier alpha value is -1.09. The van der Waals surface area contributed by atoms with Gasteiger partial charge in [-0.1, -0.05) is 26.0 Å². The average Bonchev–Trinajstić information content (AvgIpc) is 2.71. The monoisotopic (exact) mass is 246 g/mol. The molecule has 2 aromatic rings. The van der Waals surface area contributed by atoms with Gasteiger partial charge in [0, 0.05) is 6.54 Å². The molecule has 0 aliphatic heterocycles. The van der Waals surface area contributed by atoms with E-state index in [4.69, 9.17) is 12.2 Å². The SMILES string of the molecule is Cc1cccc2c1[nH]c(=S)n2CC1CC1(C)C. The van der Waals surface area contributed by atoms with Crippen molar-refractivity contribution in [1.82, 2.24) is 9.55 Å². The number of fused-ring (bicyclic) bond motifs is 1. The van der Waals surface area contributed by atoms with Gasteiger partial charge in [-0.3, -0.25) is 0 Å². The fourth-order valence-corrected chi connectivity index (χ4v) is 2.89. The molecule has 0 radical (unpaired) electrons. The summed E-state index contributed by atoms with van der Waals surface area (Å²) >= 11 is 5.44. The van der Waals surface area contributed by atoms with E-state index in [0.717, 1.165) is 17.2 Å². The van der Waals surface area contributed by atoms with Crippen molar-refractivity contribution in [3.05, 3.63) is 28.5 Å². The minimum atomic E-state index is 0.502. The van der Waals surface area contributed by atoms with Crippen LogP contribution in [0.5, 0.6) is 0 Å². The molecule has 3 heteroatoms. The van der Waals surface area contributed by atoms with Crippen LogP contribution in [0.3, 0.4) is 0 Å². The molecule has 1 aromatic heterocycles. The summed E-state index contributed by atoms with van der Waals surface area (Å²) in [5.41, 5.74) is 4.21. The minimum Gasteiger partial charge on any atom is -0.330 e. The highest BCUT2D eigenvalue weighted by atomic mass is 32.1. The summed E-state index contributed by atoms with van der Waals surface area (Å²) in [5, 5.41) is 0. The number of aryl methyl sites for hydroxylation is 1. The van der Waals surface area contributed by atoms with E-state index < -0.39 is 0 Å². The molecule has 0 amide bonds. The maximum absolute atomic E-state index is 5.44. The molecule has 1 unspecified atom stereocenters. The van der Waals surface area contributed by atoms with Crippen molar-refractivity contribution in [2.45, 2.75) is 33.7 Å². The molecule has 2 nitrogen and oxygen atoms in total. The lowest BCUT2D eigenvalue weighted by atomic mass is 10.1. The van der Waals surface area contributed by atoms with E-state index in [0.29, 0.717) is 5.41 Å². The Morgan fingerprint density at radius 1 is 1.47 bits per heavy atom. The Kier molecular flexibility index (Phi) is 2.24. The molecule has 1 heterocycles. The van der Waals surface area contributed by atoms with Crippen LogP contribution in [-0.4, -0.2) is 9.55 Å². The van der Waals surface area contributed by atoms with Crippen LogP contribution in [0.25, 0.3) is 11.0 Å². The van der Waals surface area contributed by atoms with Crippen molar-refractivity contribution < 1.29 is 0 Å². The standard InChI is InChI=1S/C14H18N2S/c1-9-5-4-6-11-12(9)15-13(17)16(11)8-10-7-14(10,2)3/h4-6,10H,7-8H2,1-3H3,(H,15,17). The highest BCUT2D eigenvalue weighted by Crippen LogP contribution is 2.52. The Morgan fingerprint density at radius 2 is 2.18 bits per heavy atom. The zero-order valence-corrected chi connectivity index (χ0v) is 11.4. The normalized spacial score (nSPS) is 21.9. The molecule has 0 spiro atoms. The molecule has 0 saturated heterocycles. The second kappa shape index (κ2) is 3.45. The highest BCUT2D eigenvalue weighted by molar-refractivity contribution is 7.71. The average molecular weight is 246 g/mol. The number of nitrogens with one attached hydrogen (secondary N) is 1. The number of nitrogens with zero attached hydrogens (tertiary/aromatic N) is 1. The van der Waals surface area contributed by atoms with Crippen molar-refractivity contribution in [2.75, 3.05) is 0 Å². The predicted molar refractivity (Wildman–Crippen MR) is 73.7 cm³/mol. The number of rotatable bonds is 2. The molecular weight excluding hydrogens is 228 g/mol. The van der Waals surface area contributed by atoms with Crippen LogP contribution in [0, 0.1) is 23.0 Å². The maximum Gasteiger partial charge on any atom is 0.178 e. The van der Waals surface area contributed by atoms with Gasteiger partial charge >= 0.3 is 0 Å². The molecule has 3 rings (SSSR count). The summed E-state index contributed by atoms with van der Waals surface area (Å²) in [6, 6.07) is 6.39. The summed E-state index contributed by atoms with van der Waals surface area (Å²) in [7, 11) is 0. The van der Waals surface area contributed by atoms with Gasteiger partial charge in [0.05, 0.1) is 11.0 Å². The van der Waals surface area contributed by atoms with Gasteiger partial charge in [-0.05, 0) is 48.5 Å². The minimum absolute atomic E-state index is 0.502. The van der Waals surface area contributed by atoms with Crippen LogP contribution in [0.1, 0.15) is 25.8 Å². The van der Waals surface area contributed by atoms with Gasteiger partial charge in [-0.2, -0.15) is 0 Å². The first-order chi connectivity index (χ1) is 7.99. The van der Waals surface area contributed by atoms with Gasteiger partial charge in [0.15, 0.2) is 4.77 Å². The number of H-pyrrole nitrogens is 1. The largest absolute Gasteiger partial charge is 0.330 e. The van der Waals surface area contributed by atoms with Gasteiger partial charge < -0.3 is 9.55 Å². The quantitative estimate of drug-likeness (QED) is 0.793. The zero-order chi connectivity index (χ0) is 12.2. The third kappa shape index (κ3) is 1.73. The second-order valence-corrected chi connectivity index (χ2v) is 6.29. The van der Waals surface area contributed by atoms with Crippen molar-refractivity contribution in [3.8, 4) is 0 Å². The van der Waals surface area contributed by atoms with Gasteiger partial charge in [-0.25, -0.2) is 0 Å². The number of benzene rings is 1. The molecule has 0 bridgehead atoms. The number of aromatic amines is 1. The van der Waals surface area contributed by atoms with E-state index in [9.17, 15) is 0 Å². The second-order valence-electron chi connectivity index (χ2n) is 5.90. The van der Waals surface area contributed by atoms with Crippen LogP contribution in [-0.2, 0) is 6.54 Å². The van der Waals surface area contributed by atoms with E-state index in [1.165, 1.54) is 23.0 Å². The molecule has 1 saturated carbocycles. The van der Waals surface area contributed by atoms with Crippen molar-refractivity contribution in [3.63, 3.8) is 0 Å². The lowest BCUT2D eigenvalue weighted by Gasteiger charge is -2.06. The van der Waals surface area contributed by atoms with E-state index in [1.54, 1.807) is 0 Å². The Balaban J connectivity index is 2.07. The number of aromatic nitrogens is 2. The van der Waals surface area contributed by atoms with Crippen LogP contribution in [0.4, 0.5) is 0 Å². The van der Waals surface area contributed by atoms with Crippen LogP contribution >= 0.6 is 12.2 Å². The van der Waals surface area contributed by atoms with Gasteiger partial charge in [-0.15, -0.1) is 0 Å². The lowest BCUT2D eigenvalue weighted by molar-refractivity contribution is 0.502. The number of imidazole rings is 1. The third-order valence-corrected chi connectivity index (χ3v) is 4.46. The highest BCUT2D eigenvalue weighted by Gasteiger charge is 2.45. The lowest BCUT2D eigenvalue weighted by Crippen LogP contribution is -2.03. The first-order valence-corrected chi connectivity index (χ1v) is 6.58. The Morgan fingerprint density at radius 3 is 2.82 bits per heavy atom. The van der Waals surface area contributed by atoms with Crippen molar-refractivity contribution in [1.29, 1.82) is 0 Å². The van der Waals surface area contributed by atoms with Gasteiger partial charge in [0.25, 0.3) is 0 Å². The van der Waals surface area contributed by atoms with Gasteiger partial charge in [0.2, 0.25) is 0 Å². The third-order valence-electron chi connectivity index (χ3n) is 4.14. The van der Waals surface area contributed by atoms with Crippen LogP contribution < -0.4 is 0 Å². The van der Waals surface area contributed by atoms with Gasteiger partial charge in [0.1, 0.15) is 0 Å². The molecule has 1 atom stereocenters. The Bertz CT molecular complexity index is 633. The first-order valence-electron chi connectivity index (χ1n) is 6.17. The Labute approximate surface area is 107 Å². The van der Waals surface area contributed by atoms with E-state index in [-0.39, 0.29) is 0 Å². The summed E-state index contributed by atoms with van der Waals surface area (Å²) in [5.74, 6) is 0.772. The molecule has 1 aliphatic rings.